The number of nitrogens with zero attached hydrogens (tertiary/aromatic N) is 1. The average molecular weight is 431 g/mol. The van der Waals surface area contributed by atoms with Gasteiger partial charge in [0.1, 0.15) is 0 Å². The molecule has 0 aromatic heterocycles. The minimum atomic E-state index is -3.41. The number of esters is 1. The maximum absolute atomic E-state index is 12.6. The lowest BCUT2D eigenvalue weighted by Gasteiger charge is -2.19. The van der Waals surface area contributed by atoms with Crippen molar-refractivity contribution < 1.29 is 22.7 Å². The largest absolute Gasteiger partial charge is 0.465 e. The number of carbonyl (C=O) groups is 2. The lowest BCUT2D eigenvalue weighted by atomic mass is 9.96. The zero-order valence-corrected chi connectivity index (χ0v) is 18.2. The first kappa shape index (κ1) is 21.8. The number of benzene rings is 2. The molecule has 1 aliphatic rings. The molecule has 2 aromatic rings. The summed E-state index contributed by atoms with van der Waals surface area (Å²) in [5.74, 6) is -0.581. The number of hydrogen-bond donors (Lipinski definition) is 1. The highest BCUT2D eigenvalue weighted by Gasteiger charge is 2.52. The summed E-state index contributed by atoms with van der Waals surface area (Å²) in [7, 11) is -1.95. The Morgan fingerprint density at radius 1 is 1.10 bits per heavy atom. The van der Waals surface area contributed by atoms with E-state index < -0.39 is 15.4 Å². The second-order valence-corrected chi connectivity index (χ2v) is 9.54. The molecule has 2 aromatic carbocycles. The number of hydrogen-bond acceptors (Lipinski definition) is 5. The molecule has 8 heteroatoms. The number of nitrogens with one attached hydrogen (secondary N) is 1. The second-order valence-electron chi connectivity index (χ2n) is 7.25. The van der Waals surface area contributed by atoms with E-state index >= 15 is 0 Å². The molecule has 0 bridgehead atoms. The van der Waals surface area contributed by atoms with E-state index in [0.29, 0.717) is 23.5 Å². The maximum atomic E-state index is 12.6. The molecule has 1 N–H and O–H groups in total. The standard InChI is InChI=1S/C22H26N2O5S/c1-4-29-21(26)22(13-14-22)17-9-11-18(12-10-17)23-20(25)16-7-6-8-19(15-16)24(3)30(27,28)5-2/h6-12,15H,4-5,13-14H2,1-3H3,(H,23,25). The van der Waals surface area contributed by atoms with Gasteiger partial charge in [0.05, 0.1) is 23.5 Å². The van der Waals surface area contributed by atoms with Crippen molar-refractivity contribution >= 4 is 33.3 Å². The Bertz CT molecular complexity index is 1040. The zero-order chi connectivity index (χ0) is 21.9. The summed E-state index contributed by atoms with van der Waals surface area (Å²) in [4.78, 5) is 24.9. The Kier molecular flexibility index (Phi) is 6.17. The van der Waals surface area contributed by atoms with Crippen LogP contribution >= 0.6 is 0 Å². The number of carbonyl (C=O) groups excluding carboxylic acids is 2. The fourth-order valence-electron chi connectivity index (χ4n) is 3.28. The van der Waals surface area contributed by atoms with Crippen molar-refractivity contribution in [3.8, 4) is 0 Å². The van der Waals surface area contributed by atoms with Gasteiger partial charge in [-0.05, 0) is 62.6 Å². The van der Waals surface area contributed by atoms with Gasteiger partial charge in [-0.1, -0.05) is 18.2 Å². The molecule has 0 radical (unpaired) electrons. The van der Waals surface area contributed by atoms with Gasteiger partial charge in [0.2, 0.25) is 10.0 Å². The molecule has 3 rings (SSSR count). The molecule has 7 nitrogen and oxygen atoms in total. The quantitative estimate of drug-likeness (QED) is 0.649. The monoisotopic (exact) mass is 430 g/mol. The van der Waals surface area contributed by atoms with E-state index in [4.69, 9.17) is 4.74 Å². The Hall–Kier alpha value is -2.87. The minimum Gasteiger partial charge on any atom is -0.465 e. The molecule has 0 spiro atoms. The second kappa shape index (κ2) is 8.47. The van der Waals surface area contributed by atoms with Crippen LogP contribution in [0.25, 0.3) is 0 Å². The Labute approximate surface area is 177 Å². The van der Waals surface area contributed by atoms with Crippen LogP contribution in [0.3, 0.4) is 0 Å². The molecule has 1 amide bonds. The smallest absolute Gasteiger partial charge is 0.316 e. The molecule has 0 aliphatic heterocycles. The summed E-state index contributed by atoms with van der Waals surface area (Å²) >= 11 is 0. The van der Waals surface area contributed by atoms with E-state index in [-0.39, 0.29) is 17.6 Å². The first-order valence-electron chi connectivity index (χ1n) is 9.89. The third-order valence-electron chi connectivity index (χ3n) is 5.37. The number of rotatable bonds is 8. The minimum absolute atomic E-state index is 0.0282. The lowest BCUT2D eigenvalue weighted by molar-refractivity contribution is -0.146. The fraction of sp³-hybridized carbons (Fsp3) is 0.364. The first-order valence-corrected chi connectivity index (χ1v) is 11.5. The average Bonchev–Trinajstić information content (AvgIpc) is 3.56. The highest BCUT2D eigenvalue weighted by Crippen LogP contribution is 2.49. The van der Waals surface area contributed by atoms with Crippen LogP contribution in [0.2, 0.25) is 0 Å². The summed E-state index contributed by atoms with van der Waals surface area (Å²) in [6.45, 7) is 3.71. The number of ether oxygens (including phenoxy) is 1. The third-order valence-corrected chi connectivity index (χ3v) is 7.14. The van der Waals surface area contributed by atoms with Gasteiger partial charge in [-0.15, -0.1) is 0 Å². The fourth-order valence-corrected chi connectivity index (χ4v) is 4.10. The van der Waals surface area contributed by atoms with E-state index in [0.717, 1.165) is 18.4 Å². The summed E-state index contributed by atoms with van der Waals surface area (Å²) in [5, 5.41) is 2.81. The van der Waals surface area contributed by atoms with Gasteiger partial charge in [-0.3, -0.25) is 13.9 Å². The van der Waals surface area contributed by atoms with Crippen LogP contribution in [0.15, 0.2) is 48.5 Å². The van der Waals surface area contributed by atoms with Crippen molar-refractivity contribution in [1.82, 2.24) is 0 Å². The Morgan fingerprint density at radius 3 is 2.33 bits per heavy atom. The number of anilines is 2. The van der Waals surface area contributed by atoms with Crippen LogP contribution in [0.5, 0.6) is 0 Å². The molecule has 30 heavy (non-hydrogen) atoms. The number of amides is 1. The lowest BCUT2D eigenvalue weighted by Crippen LogP contribution is -2.28. The molecule has 160 valence electrons. The molecular formula is C22H26N2O5S. The predicted octanol–water partition coefficient (Wildman–Crippen LogP) is 3.32. The van der Waals surface area contributed by atoms with Crippen molar-refractivity contribution in [2.24, 2.45) is 0 Å². The zero-order valence-electron chi connectivity index (χ0n) is 17.3. The molecule has 1 fully saturated rings. The Morgan fingerprint density at radius 2 is 1.77 bits per heavy atom. The SMILES string of the molecule is CCOC(=O)C1(c2ccc(NC(=O)c3cccc(N(C)S(=O)(=O)CC)c3)cc2)CC1. The summed E-state index contributed by atoms with van der Waals surface area (Å²) in [5.41, 5.74) is 1.68. The van der Waals surface area contributed by atoms with Crippen LogP contribution in [-0.2, 0) is 25.0 Å². The van der Waals surface area contributed by atoms with Crippen LogP contribution in [0, 0.1) is 0 Å². The third kappa shape index (κ3) is 4.33. The van der Waals surface area contributed by atoms with E-state index in [1.807, 2.05) is 12.1 Å². The molecule has 0 unspecified atom stereocenters. The molecule has 1 aliphatic carbocycles. The van der Waals surface area contributed by atoms with E-state index in [2.05, 4.69) is 5.32 Å². The summed E-state index contributed by atoms with van der Waals surface area (Å²) < 4.78 is 30.5. The predicted molar refractivity (Wildman–Crippen MR) is 116 cm³/mol. The first-order chi connectivity index (χ1) is 14.2. The summed E-state index contributed by atoms with van der Waals surface area (Å²) in [6, 6.07) is 13.6. The van der Waals surface area contributed by atoms with Crippen molar-refractivity contribution in [3.05, 3.63) is 59.7 Å². The van der Waals surface area contributed by atoms with Crippen LogP contribution in [0.4, 0.5) is 11.4 Å². The Balaban J connectivity index is 1.73. The van der Waals surface area contributed by atoms with E-state index in [1.54, 1.807) is 44.2 Å². The highest BCUT2D eigenvalue weighted by molar-refractivity contribution is 7.92. The van der Waals surface area contributed by atoms with E-state index in [1.165, 1.54) is 17.4 Å². The van der Waals surface area contributed by atoms with Crippen molar-refractivity contribution in [3.63, 3.8) is 0 Å². The van der Waals surface area contributed by atoms with Crippen molar-refractivity contribution in [1.29, 1.82) is 0 Å². The van der Waals surface area contributed by atoms with Crippen molar-refractivity contribution in [2.75, 3.05) is 29.0 Å². The maximum Gasteiger partial charge on any atom is 0.316 e. The van der Waals surface area contributed by atoms with Crippen LogP contribution in [-0.4, -0.2) is 39.7 Å². The van der Waals surface area contributed by atoms with Gasteiger partial charge in [-0.25, -0.2) is 8.42 Å². The van der Waals surface area contributed by atoms with Gasteiger partial charge < -0.3 is 10.1 Å². The molecule has 1 saturated carbocycles. The summed E-state index contributed by atoms with van der Waals surface area (Å²) in [6.07, 6.45) is 1.52. The van der Waals surface area contributed by atoms with Crippen molar-refractivity contribution in [2.45, 2.75) is 32.1 Å². The van der Waals surface area contributed by atoms with Gasteiger partial charge in [0.25, 0.3) is 5.91 Å². The molecule has 0 saturated heterocycles. The van der Waals surface area contributed by atoms with Crippen LogP contribution in [0.1, 0.15) is 42.6 Å². The van der Waals surface area contributed by atoms with Gasteiger partial charge in [0.15, 0.2) is 0 Å². The molecule has 0 heterocycles. The normalized spacial score (nSPS) is 14.6. The van der Waals surface area contributed by atoms with Gasteiger partial charge >= 0.3 is 5.97 Å². The molecule has 0 atom stereocenters. The highest BCUT2D eigenvalue weighted by atomic mass is 32.2. The molecular weight excluding hydrogens is 404 g/mol. The van der Waals surface area contributed by atoms with Crippen LogP contribution < -0.4 is 9.62 Å². The number of sulfonamides is 1. The van der Waals surface area contributed by atoms with E-state index in [9.17, 15) is 18.0 Å². The van der Waals surface area contributed by atoms with Gasteiger partial charge in [-0.2, -0.15) is 0 Å². The topological polar surface area (TPSA) is 92.8 Å². The van der Waals surface area contributed by atoms with Gasteiger partial charge in [0, 0.05) is 18.3 Å².